The standard InChI is InChI=1S/C30H26N4/c1-31-19-33(28-13-6-5-12-27(28)31)25-10-7-11-26(18-25)34-20-32(2)29-16-23-14-21-8-3-4-9-22(21)15-24(23)17-30(29)34/h3-18H,19-20H2,1-2H3. The van der Waals surface area contributed by atoms with E-state index in [0.29, 0.717) is 0 Å². The molecule has 0 spiro atoms. The van der Waals surface area contributed by atoms with Crippen molar-refractivity contribution in [3.8, 4) is 0 Å². The van der Waals surface area contributed by atoms with E-state index in [1.165, 1.54) is 55.7 Å². The first kappa shape index (κ1) is 19.3. The summed E-state index contributed by atoms with van der Waals surface area (Å²) in [4.78, 5) is 9.47. The molecule has 5 aromatic carbocycles. The quantitative estimate of drug-likeness (QED) is 0.271. The Morgan fingerprint density at radius 2 is 0.971 bits per heavy atom. The molecule has 0 N–H and O–H groups in total. The highest BCUT2D eigenvalue weighted by Crippen LogP contribution is 2.45. The topological polar surface area (TPSA) is 13.0 Å². The zero-order valence-electron chi connectivity index (χ0n) is 19.4. The molecule has 2 heterocycles. The van der Waals surface area contributed by atoms with E-state index in [1.807, 2.05) is 0 Å². The van der Waals surface area contributed by atoms with E-state index in [2.05, 4.69) is 131 Å². The van der Waals surface area contributed by atoms with Crippen LogP contribution < -0.4 is 19.6 Å². The first-order valence-electron chi connectivity index (χ1n) is 11.8. The highest BCUT2D eigenvalue weighted by Gasteiger charge is 2.27. The van der Waals surface area contributed by atoms with Gasteiger partial charge < -0.3 is 19.6 Å². The Labute approximate surface area is 199 Å². The second kappa shape index (κ2) is 7.16. The Balaban J connectivity index is 1.32. The molecule has 5 aromatic rings. The number of nitrogens with zero attached hydrogens (tertiary/aromatic N) is 4. The summed E-state index contributed by atoms with van der Waals surface area (Å²) in [5.74, 6) is 0. The third-order valence-corrected chi connectivity index (χ3v) is 7.24. The van der Waals surface area contributed by atoms with E-state index in [1.54, 1.807) is 0 Å². The van der Waals surface area contributed by atoms with Gasteiger partial charge in [0.1, 0.15) is 0 Å². The van der Waals surface area contributed by atoms with E-state index in [9.17, 15) is 0 Å². The third-order valence-electron chi connectivity index (χ3n) is 7.24. The van der Waals surface area contributed by atoms with Crippen LogP contribution in [0.15, 0.2) is 97.1 Å². The van der Waals surface area contributed by atoms with Crippen molar-refractivity contribution in [3.05, 3.63) is 97.1 Å². The molecule has 0 saturated carbocycles. The third kappa shape index (κ3) is 2.85. The largest absolute Gasteiger partial charge is 0.355 e. The number of fused-ring (bicyclic) bond motifs is 4. The van der Waals surface area contributed by atoms with Gasteiger partial charge in [-0.1, -0.05) is 42.5 Å². The number of hydrogen-bond acceptors (Lipinski definition) is 4. The Bertz CT molecular complexity index is 1570. The minimum Gasteiger partial charge on any atom is -0.355 e. The fourth-order valence-electron chi connectivity index (χ4n) is 5.50. The van der Waals surface area contributed by atoms with Gasteiger partial charge in [-0.15, -0.1) is 0 Å². The average Bonchev–Trinajstić information content (AvgIpc) is 3.38. The lowest BCUT2D eigenvalue weighted by atomic mass is 10.0. The minimum atomic E-state index is 0.838. The minimum absolute atomic E-state index is 0.838. The van der Waals surface area contributed by atoms with E-state index in [4.69, 9.17) is 0 Å². The predicted octanol–water partition coefficient (Wildman–Crippen LogP) is 7.08. The summed E-state index contributed by atoms with van der Waals surface area (Å²) in [5, 5.41) is 5.14. The SMILES string of the molecule is CN1CN(c2cccc(N3CN(C)c4cc5cc6ccccc6cc5cc43)c2)c2ccccc21. The molecule has 0 aliphatic carbocycles. The van der Waals surface area contributed by atoms with Gasteiger partial charge in [-0.3, -0.25) is 0 Å². The molecule has 2 aliphatic heterocycles. The molecule has 166 valence electrons. The van der Waals surface area contributed by atoms with Crippen LogP contribution in [-0.2, 0) is 0 Å². The smallest absolute Gasteiger partial charge is 0.0950 e. The van der Waals surface area contributed by atoms with Crippen molar-refractivity contribution in [2.45, 2.75) is 0 Å². The van der Waals surface area contributed by atoms with Crippen LogP contribution in [0.3, 0.4) is 0 Å². The summed E-state index contributed by atoms with van der Waals surface area (Å²) >= 11 is 0. The van der Waals surface area contributed by atoms with Crippen molar-refractivity contribution in [3.63, 3.8) is 0 Å². The monoisotopic (exact) mass is 442 g/mol. The maximum absolute atomic E-state index is 2.43. The Morgan fingerprint density at radius 1 is 0.441 bits per heavy atom. The van der Waals surface area contributed by atoms with Gasteiger partial charge in [-0.05, 0) is 76.1 Å². The number of anilines is 6. The molecule has 34 heavy (non-hydrogen) atoms. The molecule has 2 aliphatic rings. The molecule has 0 atom stereocenters. The summed E-state index contributed by atoms with van der Waals surface area (Å²) in [5.41, 5.74) is 7.52. The Kier molecular flexibility index (Phi) is 4.06. The lowest BCUT2D eigenvalue weighted by Gasteiger charge is -2.24. The number of benzene rings is 5. The summed E-state index contributed by atoms with van der Waals surface area (Å²) in [6.45, 7) is 1.70. The van der Waals surface area contributed by atoms with Crippen LogP contribution >= 0.6 is 0 Å². The lowest BCUT2D eigenvalue weighted by Crippen LogP contribution is -2.25. The van der Waals surface area contributed by atoms with Gasteiger partial charge in [-0.25, -0.2) is 0 Å². The van der Waals surface area contributed by atoms with E-state index in [-0.39, 0.29) is 0 Å². The molecule has 4 heteroatoms. The van der Waals surface area contributed by atoms with Gasteiger partial charge in [0.25, 0.3) is 0 Å². The molecule has 0 aromatic heterocycles. The maximum atomic E-state index is 2.43. The number of hydrogen-bond donors (Lipinski definition) is 0. The molecule has 7 rings (SSSR count). The van der Waals surface area contributed by atoms with Crippen molar-refractivity contribution in [1.82, 2.24) is 0 Å². The molecular formula is C30H26N4. The predicted molar refractivity (Wildman–Crippen MR) is 145 cm³/mol. The van der Waals surface area contributed by atoms with Crippen molar-refractivity contribution in [2.75, 3.05) is 47.0 Å². The van der Waals surface area contributed by atoms with Gasteiger partial charge in [0.05, 0.1) is 36.1 Å². The zero-order chi connectivity index (χ0) is 22.8. The molecule has 0 fully saturated rings. The molecular weight excluding hydrogens is 416 g/mol. The summed E-state index contributed by atoms with van der Waals surface area (Å²) in [7, 11) is 4.34. The van der Waals surface area contributed by atoms with Crippen LogP contribution in [0.5, 0.6) is 0 Å². The molecule has 0 bridgehead atoms. The summed E-state index contributed by atoms with van der Waals surface area (Å²) in [6, 6.07) is 35.5. The average molecular weight is 443 g/mol. The Hall–Kier alpha value is -4.18. The van der Waals surface area contributed by atoms with Crippen molar-refractivity contribution < 1.29 is 0 Å². The van der Waals surface area contributed by atoms with Crippen molar-refractivity contribution >= 4 is 55.7 Å². The second-order valence-corrected chi connectivity index (χ2v) is 9.43. The first-order valence-corrected chi connectivity index (χ1v) is 11.8. The molecule has 0 unspecified atom stereocenters. The summed E-state index contributed by atoms with van der Waals surface area (Å²) in [6.07, 6.45) is 0. The van der Waals surface area contributed by atoms with E-state index in [0.717, 1.165) is 13.3 Å². The molecule has 0 saturated heterocycles. The number of para-hydroxylation sites is 2. The lowest BCUT2D eigenvalue weighted by molar-refractivity contribution is 0.940. The van der Waals surface area contributed by atoms with Crippen LogP contribution in [0.4, 0.5) is 34.1 Å². The highest BCUT2D eigenvalue weighted by atomic mass is 15.4. The fraction of sp³-hybridized carbons (Fsp3) is 0.133. The van der Waals surface area contributed by atoms with E-state index >= 15 is 0 Å². The zero-order valence-corrected chi connectivity index (χ0v) is 19.4. The first-order chi connectivity index (χ1) is 16.7. The van der Waals surface area contributed by atoms with Crippen LogP contribution in [0.1, 0.15) is 0 Å². The van der Waals surface area contributed by atoms with Gasteiger partial charge in [0.2, 0.25) is 0 Å². The molecule has 0 amide bonds. The molecule has 0 radical (unpaired) electrons. The van der Waals surface area contributed by atoms with Crippen molar-refractivity contribution in [2.24, 2.45) is 0 Å². The summed E-state index contributed by atoms with van der Waals surface area (Å²) < 4.78 is 0. The fourth-order valence-corrected chi connectivity index (χ4v) is 5.50. The van der Waals surface area contributed by atoms with Gasteiger partial charge in [0.15, 0.2) is 0 Å². The van der Waals surface area contributed by atoms with E-state index < -0.39 is 0 Å². The van der Waals surface area contributed by atoms with Crippen LogP contribution in [0, 0.1) is 0 Å². The number of rotatable bonds is 2. The van der Waals surface area contributed by atoms with Gasteiger partial charge in [-0.2, -0.15) is 0 Å². The van der Waals surface area contributed by atoms with Crippen molar-refractivity contribution in [1.29, 1.82) is 0 Å². The van der Waals surface area contributed by atoms with Gasteiger partial charge in [0, 0.05) is 25.5 Å². The molecule has 4 nitrogen and oxygen atoms in total. The van der Waals surface area contributed by atoms with Crippen LogP contribution in [0.25, 0.3) is 21.5 Å². The van der Waals surface area contributed by atoms with Crippen LogP contribution in [-0.4, -0.2) is 27.4 Å². The van der Waals surface area contributed by atoms with Crippen LogP contribution in [0.2, 0.25) is 0 Å². The van der Waals surface area contributed by atoms with Gasteiger partial charge >= 0.3 is 0 Å². The normalized spacial score (nSPS) is 14.9. The second-order valence-electron chi connectivity index (χ2n) is 9.43. The Morgan fingerprint density at radius 3 is 1.65 bits per heavy atom. The maximum Gasteiger partial charge on any atom is 0.0950 e. The highest BCUT2D eigenvalue weighted by molar-refractivity contribution is 6.03.